The number of hydrogen-bond acceptors (Lipinski definition) is 3. The first-order valence-electron chi connectivity index (χ1n) is 4.09. The van der Waals surface area contributed by atoms with Gasteiger partial charge in [-0.1, -0.05) is 6.92 Å². The minimum absolute atomic E-state index is 0.213. The number of nitro groups is 1. The minimum atomic E-state index is -0.617. The lowest BCUT2D eigenvalue weighted by Crippen LogP contribution is -1.97. The molecule has 1 unspecified atom stereocenters. The first-order valence-corrected chi connectivity index (χ1v) is 4.09. The molecule has 0 amide bonds. The van der Waals surface area contributed by atoms with E-state index in [-0.39, 0.29) is 11.4 Å². The molecule has 0 radical (unpaired) electrons. The zero-order chi connectivity index (χ0) is 10.7. The van der Waals surface area contributed by atoms with Gasteiger partial charge in [0.1, 0.15) is 5.75 Å². The number of benzene rings is 1. The molecule has 0 bridgehead atoms. The van der Waals surface area contributed by atoms with E-state index in [9.17, 15) is 14.5 Å². The van der Waals surface area contributed by atoms with Crippen LogP contribution in [0.3, 0.4) is 0 Å². The summed E-state index contributed by atoms with van der Waals surface area (Å²) in [6.07, 6.45) is 0. The quantitative estimate of drug-likeness (QED) is 0.600. The van der Waals surface area contributed by atoms with Crippen molar-refractivity contribution in [3.8, 4) is 5.75 Å². The van der Waals surface area contributed by atoms with Crippen molar-refractivity contribution in [3.63, 3.8) is 0 Å². The lowest BCUT2D eigenvalue weighted by atomic mass is 10.0. The fraction of sp³-hybridized carbons (Fsp3) is 0.333. The van der Waals surface area contributed by atoms with E-state index in [4.69, 9.17) is 5.11 Å². The Morgan fingerprint density at radius 1 is 1.57 bits per heavy atom. The van der Waals surface area contributed by atoms with Gasteiger partial charge in [-0.3, -0.25) is 14.5 Å². The van der Waals surface area contributed by atoms with Crippen LogP contribution in [0.4, 0.5) is 10.1 Å². The molecule has 0 aromatic heterocycles. The molecule has 0 fully saturated rings. The van der Waals surface area contributed by atoms with Crippen LogP contribution in [0.25, 0.3) is 0 Å². The number of nitrogens with zero attached hydrogens (tertiary/aromatic N) is 1. The molecule has 1 atom stereocenters. The van der Waals surface area contributed by atoms with Crippen molar-refractivity contribution in [2.75, 3.05) is 6.67 Å². The molecule has 1 N–H and O–H groups in total. The van der Waals surface area contributed by atoms with Crippen molar-refractivity contribution in [3.05, 3.63) is 33.9 Å². The van der Waals surface area contributed by atoms with Crippen LogP contribution in [0, 0.1) is 10.1 Å². The van der Waals surface area contributed by atoms with Crippen molar-refractivity contribution in [1.29, 1.82) is 0 Å². The van der Waals surface area contributed by atoms with E-state index in [1.807, 2.05) is 0 Å². The zero-order valence-electron chi connectivity index (χ0n) is 7.61. The molecule has 5 heteroatoms. The first kappa shape index (κ1) is 10.4. The lowest BCUT2D eigenvalue weighted by Gasteiger charge is -2.06. The fourth-order valence-electron chi connectivity index (χ4n) is 1.10. The maximum Gasteiger partial charge on any atom is 0.273 e. The van der Waals surface area contributed by atoms with Crippen molar-refractivity contribution in [2.45, 2.75) is 12.8 Å². The van der Waals surface area contributed by atoms with E-state index in [1.54, 1.807) is 6.92 Å². The Kier molecular flexibility index (Phi) is 3.01. The average molecular weight is 199 g/mol. The van der Waals surface area contributed by atoms with Crippen LogP contribution in [-0.4, -0.2) is 16.7 Å². The molecule has 1 aromatic carbocycles. The summed E-state index contributed by atoms with van der Waals surface area (Å²) in [6, 6.07) is 3.63. The number of nitro benzene ring substituents is 1. The minimum Gasteiger partial charge on any atom is -0.508 e. The van der Waals surface area contributed by atoms with Crippen LogP contribution < -0.4 is 0 Å². The van der Waals surface area contributed by atoms with Crippen molar-refractivity contribution < 1.29 is 14.4 Å². The summed E-state index contributed by atoms with van der Waals surface area (Å²) in [4.78, 5) is 9.80. The number of phenols is 1. The smallest absolute Gasteiger partial charge is 0.273 e. The van der Waals surface area contributed by atoms with Crippen LogP contribution in [-0.2, 0) is 0 Å². The second-order valence-electron chi connectivity index (χ2n) is 3.10. The predicted molar refractivity (Wildman–Crippen MR) is 49.2 cm³/mol. The number of aromatic hydroxyl groups is 1. The van der Waals surface area contributed by atoms with Gasteiger partial charge in [0, 0.05) is 12.0 Å². The largest absolute Gasteiger partial charge is 0.508 e. The zero-order valence-corrected chi connectivity index (χ0v) is 7.61. The summed E-state index contributed by atoms with van der Waals surface area (Å²) in [5.74, 6) is -0.657. The van der Waals surface area contributed by atoms with Gasteiger partial charge >= 0.3 is 0 Å². The third-order valence-electron chi connectivity index (χ3n) is 1.94. The van der Waals surface area contributed by atoms with Crippen LogP contribution in [0.2, 0.25) is 0 Å². The summed E-state index contributed by atoms with van der Waals surface area (Å²) >= 11 is 0. The van der Waals surface area contributed by atoms with Gasteiger partial charge in [-0.15, -0.1) is 0 Å². The highest BCUT2D eigenvalue weighted by molar-refractivity contribution is 5.43. The maximum atomic E-state index is 12.3. The Balaban J connectivity index is 3.13. The van der Waals surface area contributed by atoms with E-state index >= 15 is 0 Å². The average Bonchev–Trinajstić information content (AvgIpc) is 2.15. The summed E-state index contributed by atoms with van der Waals surface area (Å²) in [6.45, 7) is 0.985. The molecule has 0 saturated carbocycles. The molecule has 1 rings (SSSR count). The van der Waals surface area contributed by atoms with Gasteiger partial charge in [-0.05, 0) is 11.6 Å². The van der Waals surface area contributed by atoms with Gasteiger partial charge < -0.3 is 5.11 Å². The Labute approximate surface area is 80.1 Å². The van der Waals surface area contributed by atoms with E-state index in [0.29, 0.717) is 5.56 Å². The van der Waals surface area contributed by atoms with Gasteiger partial charge in [0.2, 0.25) is 0 Å². The maximum absolute atomic E-state index is 12.3. The highest BCUT2D eigenvalue weighted by atomic mass is 19.1. The summed E-state index contributed by atoms with van der Waals surface area (Å²) in [5, 5.41) is 19.6. The standard InChI is InChI=1S/C9H10FNO3/c1-6(5-10)7-2-8(11(13)14)4-9(12)3-7/h2-4,6,12H,5H2,1H3. The molecule has 0 aliphatic rings. The first-order chi connectivity index (χ1) is 6.54. The molecular formula is C9H10FNO3. The van der Waals surface area contributed by atoms with Gasteiger partial charge in [-0.25, -0.2) is 0 Å². The van der Waals surface area contributed by atoms with Crippen LogP contribution in [0.1, 0.15) is 18.4 Å². The molecule has 76 valence electrons. The summed E-state index contributed by atoms with van der Waals surface area (Å²) in [5.41, 5.74) is 0.208. The Morgan fingerprint density at radius 3 is 2.71 bits per heavy atom. The monoisotopic (exact) mass is 199 g/mol. The van der Waals surface area contributed by atoms with Gasteiger partial charge in [0.05, 0.1) is 17.7 Å². The van der Waals surface area contributed by atoms with Crippen LogP contribution in [0.15, 0.2) is 18.2 Å². The Morgan fingerprint density at radius 2 is 2.21 bits per heavy atom. The lowest BCUT2D eigenvalue weighted by molar-refractivity contribution is -0.385. The predicted octanol–water partition coefficient (Wildman–Crippen LogP) is 2.37. The number of phenolic OH excluding ortho intramolecular Hbond substituents is 1. The van der Waals surface area contributed by atoms with Crippen LogP contribution >= 0.6 is 0 Å². The molecule has 0 aliphatic heterocycles. The van der Waals surface area contributed by atoms with Gasteiger partial charge in [0.15, 0.2) is 0 Å². The summed E-state index contributed by atoms with van der Waals surface area (Å²) in [7, 11) is 0. The molecule has 1 aromatic rings. The van der Waals surface area contributed by atoms with Crippen molar-refractivity contribution in [1.82, 2.24) is 0 Å². The molecule has 0 aliphatic carbocycles. The molecule has 0 spiro atoms. The molecular weight excluding hydrogens is 189 g/mol. The topological polar surface area (TPSA) is 63.4 Å². The van der Waals surface area contributed by atoms with Crippen molar-refractivity contribution >= 4 is 5.69 Å². The van der Waals surface area contributed by atoms with Gasteiger partial charge in [0.25, 0.3) is 5.69 Å². The SMILES string of the molecule is CC(CF)c1cc(O)cc([N+](=O)[O-])c1. The van der Waals surface area contributed by atoms with Gasteiger partial charge in [-0.2, -0.15) is 0 Å². The van der Waals surface area contributed by atoms with E-state index in [1.165, 1.54) is 12.1 Å². The third kappa shape index (κ3) is 2.18. The van der Waals surface area contributed by atoms with Crippen LogP contribution in [0.5, 0.6) is 5.75 Å². The second kappa shape index (κ2) is 4.04. The highest BCUT2D eigenvalue weighted by Gasteiger charge is 2.13. The third-order valence-corrected chi connectivity index (χ3v) is 1.94. The number of rotatable bonds is 3. The number of halogens is 1. The normalized spacial score (nSPS) is 12.4. The molecule has 0 heterocycles. The highest BCUT2D eigenvalue weighted by Crippen LogP contribution is 2.26. The van der Waals surface area contributed by atoms with E-state index in [0.717, 1.165) is 6.07 Å². The Hall–Kier alpha value is -1.65. The van der Waals surface area contributed by atoms with Crippen molar-refractivity contribution in [2.24, 2.45) is 0 Å². The molecule has 4 nitrogen and oxygen atoms in total. The van der Waals surface area contributed by atoms with E-state index < -0.39 is 17.5 Å². The Bertz CT molecular complexity index is 354. The number of non-ortho nitro benzene ring substituents is 1. The number of hydrogen-bond donors (Lipinski definition) is 1. The summed E-state index contributed by atoms with van der Waals surface area (Å²) < 4.78 is 12.3. The molecule has 0 saturated heterocycles. The number of alkyl halides is 1. The van der Waals surface area contributed by atoms with E-state index in [2.05, 4.69) is 0 Å². The second-order valence-corrected chi connectivity index (χ2v) is 3.10. The molecule has 14 heavy (non-hydrogen) atoms. The fourth-order valence-corrected chi connectivity index (χ4v) is 1.10.